The average molecular weight is 302 g/mol. The summed E-state index contributed by atoms with van der Waals surface area (Å²) in [6, 6.07) is 0. The van der Waals surface area contributed by atoms with Crippen molar-refractivity contribution < 1.29 is 18.7 Å². The fourth-order valence-corrected chi connectivity index (χ4v) is 3.34. The van der Waals surface area contributed by atoms with Gasteiger partial charge in [-0.2, -0.15) is 0 Å². The van der Waals surface area contributed by atoms with Gasteiger partial charge in [-0.3, -0.25) is 0 Å². The van der Waals surface area contributed by atoms with Crippen LogP contribution in [0.2, 0.25) is 0 Å². The predicted molar refractivity (Wildman–Crippen MR) is 80.5 cm³/mol. The first-order valence-corrected chi connectivity index (χ1v) is 7.53. The van der Waals surface area contributed by atoms with Crippen LogP contribution in [0.15, 0.2) is 10.7 Å². The summed E-state index contributed by atoms with van der Waals surface area (Å²) in [6.45, 7) is 1.38. The van der Waals surface area contributed by atoms with E-state index in [-0.39, 0.29) is 0 Å². The van der Waals surface area contributed by atoms with Crippen molar-refractivity contribution in [2.45, 2.75) is 25.7 Å². The van der Waals surface area contributed by atoms with Gasteiger partial charge in [0.25, 0.3) is 0 Å². The van der Waals surface area contributed by atoms with E-state index in [0.29, 0.717) is 19.1 Å². The normalized spacial score (nSPS) is 16.2. The minimum atomic E-state index is 0.300. The van der Waals surface area contributed by atoms with Crippen LogP contribution < -0.4 is 19.9 Å². The lowest BCUT2D eigenvalue weighted by Gasteiger charge is -2.29. The summed E-state index contributed by atoms with van der Waals surface area (Å²) in [4.78, 5) is 0. The zero-order valence-electron chi connectivity index (χ0n) is 12.5. The molecule has 0 aliphatic carbocycles. The Morgan fingerprint density at radius 1 is 1.09 bits per heavy atom. The molecule has 0 unspecified atom stereocenters. The number of nitrogens with two attached hydrogens (primary N) is 1. The fourth-order valence-electron chi connectivity index (χ4n) is 3.34. The van der Waals surface area contributed by atoms with Gasteiger partial charge in [0.15, 0.2) is 11.5 Å². The summed E-state index contributed by atoms with van der Waals surface area (Å²) in [5.41, 5.74) is 9.78. The molecule has 0 atom stereocenters. The number of hydrogen-bond donors (Lipinski definition) is 1. The minimum absolute atomic E-state index is 0.300. The third kappa shape index (κ3) is 1.83. The van der Waals surface area contributed by atoms with Crippen molar-refractivity contribution in [3.8, 4) is 28.4 Å². The van der Waals surface area contributed by atoms with E-state index in [9.17, 15) is 0 Å². The summed E-state index contributed by atoms with van der Waals surface area (Å²) in [7, 11) is 1.68. The molecule has 0 spiro atoms. The van der Waals surface area contributed by atoms with Crippen LogP contribution in [0.5, 0.6) is 17.2 Å². The summed E-state index contributed by atoms with van der Waals surface area (Å²) >= 11 is 0. The van der Waals surface area contributed by atoms with Crippen LogP contribution in [-0.4, -0.2) is 25.5 Å². The second-order valence-corrected chi connectivity index (χ2v) is 5.53. The molecule has 0 saturated heterocycles. The van der Waals surface area contributed by atoms with Crippen LogP contribution in [0.4, 0.5) is 5.88 Å². The van der Waals surface area contributed by atoms with Crippen LogP contribution >= 0.6 is 0 Å². The molecule has 6 nitrogen and oxygen atoms in total. The third-order valence-electron chi connectivity index (χ3n) is 4.26. The Balaban J connectivity index is 2.06. The van der Waals surface area contributed by atoms with E-state index in [2.05, 4.69) is 5.16 Å². The van der Waals surface area contributed by atoms with Gasteiger partial charge in [-0.15, -0.1) is 0 Å². The van der Waals surface area contributed by atoms with E-state index < -0.39 is 0 Å². The Bertz CT molecular complexity index is 686. The van der Waals surface area contributed by atoms with Crippen LogP contribution in [-0.2, 0) is 12.8 Å². The zero-order valence-corrected chi connectivity index (χ0v) is 12.5. The van der Waals surface area contributed by atoms with Crippen molar-refractivity contribution in [1.29, 1.82) is 0 Å². The largest absolute Gasteiger partial charge is 0.492 e. The van der Waals surface area contributed by atoms with Gasteiger partial charge < -0.3 is 24.5 Å². The van der Waals surface area contributed by atoms with Crippen molar-refractivity contribution in [3.63, 3.8) is 0 Å². The molecule has 2 aromatic rings. The van der Waals surface area contributed by atoms with Gasteiger partial charge in [0.1, 0.15) is 5.75 Å². The maximum atomic E-state index is 5.98. The van der Waals surface area contributed by atoms with E-state index in [4.69, 9.17) is 24.5 Å². The maximum Gasteiger partial charge on any atom is 0.230 e. The maximum absolute atomic E-state index is 5.98. The summed E-state index contributed by atoms with van der Waals surface area (Å²) in [5.74, 6) is 2.74. The molecule has 2 aliphatic rings. The van der Waals surface area contributed by atoms with Crippen LogP contribution in [0.1, 0.15) is 24.0 Å². The molecule has 0 fully saturated rings. The highest BCUT2D eigenvalue weighted by molar-refractivity contribution is 5.85. The van der Waals surface area contributed by atoms with Crippen LogP contribution in [0.25, 0.3) is 11.1 Å². The smallest absolute Gasteiger partial charge is 0.230 e. The number of anilines is 1. The molecular formula is C16H18N2O4. The molecule has 0 saturated carbocycles. The highest BCUT2D eigenvalue weighted by Gasteiger charge is 2.32. The second-order valence-electron chi connectivity index (χ2n) is 5.53. The van der Waals surface area contributed by atoms with Gasteiger partial charge in [0.2, 0.25) is 5.88 Å². The molecule has 2 aliphatic heterocycles. The number of benzene rings is 1. The SMILES string of the molecule is COc1c2c(c(-c3cnoc3N)c3c1OCCC3)OCCC2. The highest BCUT2D eigenvalue weighted by Crippen LogP contribution is 2.52. The number of ether oxygens (including phenoxy) is 3. The molecule has 1 aromatic carbocycles. The van der Waals surface area contributed by atoms with E-state index in [1.54, 1.807) is 13.3 Å². The van der Waals surface area contributed by atoms with Crippen molar-refractivity contribution >= 4 is 5.88 Å². The van der Waals surface area contributed by atoms with E-state index in [0.717, 1.165) is 65.2 Å². The van der Waals surface area contributed by atoms with Crippen LogP contribution in [0, 0.1) is 0 Å². The van der Waals surface area contributed by atoms with Gasteiger partial charge in [-0.1, -0.05) is 5.16 Å². The number of rotatable bonds is 2. The number of nitrogens with zero attached hydrogens (tertiary/aromatic N) is 1. The lowest BCUT2D eigenvalue weighted by atomic mass is 9.89. The standard InChI is InChI=1S/C16H18N2O4/c1-19-14-10-5-3-6-20-13(10)12(11-8-18-22-16(11)17)9-4-2-7-21-15(9)14/h8H,2-7,17H2,1H3. The Kier molecular flexibility index (Phi) is 3.10. The molecule has 0 bridgehead atoms. The molecule has 116 valence electrons. The first kappa shape index (κ1) is 13.3. The second kappa shape index (κ2) is 5.12. The molecule has 0 amide bonds. The Labute approximate surface area is 128 Å². The van der Waals surface area contributed by atoms with Crippen molar-refractivity contribution in [2.24, 2.45) is 0 Å². The zero-order chi connectivity index (χ0) is 15.1. The van der Waals surface area contributed by atoms with Gasteiger partial charge in [-0.05, 0) is 25.7 Å². The molecule has 22 heavy (non-hydrogen) atoms. The van der Waals surface area contributed by atoms with E-state index in [1.807, 2.05) is 0 Å². The third-order valence-corrected chi connectivity index (χ3v) is 4.26. The number of hydrogen-bond acceptors (Lipinski definition) is 6. The highest BCUT2D eigenvalue weighted by atomic mass is 16.5. The van der Waals surface area contributed by atoms with Gasteiger partial charge in [-0.25, -0.2) is 0 Å². The lowest BCUT2D eigenvalue weighted by molar-refractivity contribution is 0.254. The topological polar surface area (TPSA) is 79.7 Å². The average Bonchev–Trinajstić information content (AvgIpc) is 2.98. The van der Waals surface area contributed by atoms with Gasteiger partial charge in [0.05, 0.1) is 32.1 Å². The lowest BCUT2D eigenvalue weighted by Crippen LogP contribution is -2.17. The quantitative estimate of drug-likeness (QED) is 0.918. The number of fused-ring (bicyclic) bond motifs is 2. The number of aromatic nitrogens is 1. The molecule has 6 heteroatoms. The summed E-state index contributed by atoms with van der Waals surface area (Å²) in [6.07, 6.45) is 5.34. The Hall–Kier alpha value is -2.37. The summed E-state index contributed by atoms with van der Waals surface area (Å²) in [5, 5.41) is 3.81. The Morgan fingerprint density at radius 2 is 1.82 bits per heavy atom. The molecule has 0 radical (unpaired) electrons. The first-order valence-electron chi connectivity index (χ1n) is 7.53. The molecule has 3 heterocycles. The first-order chi connectivity index (χ1) is 10.8. The van der Waals surface area contributed by atoms with Crippen LogP contribution in [0.3, 0.4) is 0 Å². The van der Waals surface area contributed by atoms with Gasteiger partial charge in [0, 0.05) is 16.7 Å². The van der Waals surface area contributed by atoms with E-state index >= 15 is 0 Å². The number of nitrogen functional groups attached to an aromatic ring is 1. The monoisotopic (exact) mass is 302 g/mol. The number of methoxy groups -OCH3 is 1. The van der Waals surface area contributed by atoms with Crippen molar-refractivity contribution in [3.05, 3.63) is 17.3 Å². The summed E-state index contributed by atoms with van der Waals surface area (Å²) < 4.78 is 22.6. The van der Waals surface area contributed by atoms with E-state index in [1.165, 1.54) is 0 Å². The minimum Gasteiger partial charge on any atom is -0.492 e. The molecule has 1 aromatic heterocycles. The Morgan fingerprint density at radius 3 is 2.50 bits per heavy atom. The van der Waals surface area contributed by atoms with Crippen molar-refractivity contribution in [2.75, 3.05) is 26.1 Å². The van der Waals surface area contributed by atoms with Crippen molar-refractivity contribution in [1.82, 2.24) is 5.16 Å². The molecular weight excluding hydrogens is 284 g/mol. The predicted octanol–water partition coefficient (Wildman–Crippen LogP) is 2.58. The fraction of sp³-hybridized carbons (Fsp3) is 0.438. The molecule has 2 N–H and O–H groups in total. The molecule has 4 rings (SSSR count). The van der Waals surface area contributed by atoms with Gasteiger partial charge >= 0.3 is 0 Å².